The van der Waals surface area contributed by atoms with E-state index in [4.69, 9.17) is 22.9 Å². The van der Waals surface area contributed by atoms with Crippen molar-refractivity contribution < 1.29 is 43.2 Å². The van der Waals surface area contributed by atoms with Crippen molar-refractivity contribution >= 4 is 70.0 Å². The Bertz CT molecular complexity index is 2480. The maximum atomic E-state index is 13.9. The summed E-state index contributed by atoms with van der Waals surface area (Å²) in [6.45, 7) is 9.42. The molecule has 0 aliphatic carbocycles. The summed E-state index contributed by atoms with van der Waals surface area (Å²) < 4.78 is 0. The van der Waals surface area contributed by atoms with Crippen molar-refractivity contribution in [2.24, 2.45) is 27.9 Å². The molecule has 3 unspecified atom stereocenters. The van der Waals surface area contributed by atoms with Gasteiger partial charge in [-0.1, -0.05) is 68.8 Å². The molecule has 0 radical (unpaired) electrons. The van der Waals surface area contributed by atoms with Gasteiger partial charge in [-0.3, -0.25) is 48.1 Å². The highest BCUT2D eigenvalue weighted by Gasteiger charge is 2.31. The number of hydrogen-bond acceptors (Lipinski definition) is 12. The molecule has 9 amide bonds. The minimum absolute atomic E-state index is 0.00831. The van der Waals surface area contributed by atoms with Gasteiger partial charge in [0.2, 0.25) is 53.2 Å². The van der Waals surface area contributed by atoms with E-state index < -0.39 is 96.5 Å². The zero-order chi connectivity index (χ0) is 56.4. The number of nitrogens with one attached hydrogen (secondary N) is 10. The monoisotopic (exact) mass is 1060 g/mol. The van der Waals surface area contributed by atoms with Crippen molar-refractivity contribution in [1.29, 1.82) is 0 Å². The number of para-hydroxylation sites is 1. The standard InChI is InChI=1S/C34H47N11O9.C9H9N.C4H11N3.C4H11N/c1-19-31(51)43-23(30(35)50)10-11-27(47)37-12-6-9-24(42-29(49)16-38-20(2)46)33(53)45-26(14-22-15-36-18-40-22)34(54)44-25(13-21-7-4-3-5-8-21)32(52)39-17-28(48)41-19;1-7-6-10-9-5-3-2-4-8(7)9;1-2-3-7-4(5)6;1-2-3-4-5/h3-5,7-8,15,18-19,23-26H,6,9-14,16-17H2,1-2H3,(H2,35,50)(H,36,40)(H,37,47)(H,38,46)(H,39,52)(H,41,48)(H,42,49)(H,43,51)(H,44,54)(H,45,53);2-6,10H,1H3;2-3H2,1H3,(H4,5,6,7);2-5H2,1H3/t19-,23?,24?,25?,26-;;;/m0.../s1. The van der Waals surface area contributed by atoms with E-state index in [0.29, 0.717) is 11.3 Å². The van der Waals surface area contributed by atoms with Crippen LogP contribution in [0.2, 0.25) is 0 Å². The first-order valence-electron chi connectivity index (χ1n) is 25.2. The van der Waals surface area contributed by atoms with Crippen LogP contribution in [0.1, 0.15) is 89.5 Å². The number of nitrogens with two attached hydrogens (primary N) is 4. The Morgan fingerprint density at radius 1 is 0.776 bits per heavy atom. The van der Waals surface area contributed by atoms with Crippen LogP contribution in [0.25, 0.3) is 10.9 Å². The van der Waals surface area contributed by atoms with E-state index in [1.54, 1.807) is 30.3 Å². The Labute approximate surface area is 442 Å². The first-order chi connectivity index (χ1) is 36.3. The third-order valence-corrected chi connectivity index (χ3v) is 11.1. The van der Waals surface area contributed by atoms with Crippen LogP contribution in [-0.4, -0.2) is 137 Å². The maximum absolute atomic E-state index is 13.9. The number of primary amides is 1. The number of carbonyl (C=O) groups excluding carboxylic acids is 9. The SMILES string of the molecule is CC(=O)NCC(=O)NC1CCCNC(=O)CCC(C(N)=O)NC(=O)[C@H](C)NC(=O)CNC(=O)C(Cc2ccccc2)NC(=O)[C@H](Cc2cnc[nH]2)NC1=O.CCCCN.CCCN=C(N)N.Cc1c[nH]c2ccccc12. The molecule has 0 saturated carbocycles. The molecule has 5 rings (SSSR count). The van der Waals surface area contributed by atoms with E-state index >= 15 is 0 Å². The number of aliphatic imine (C=N–C) groups is 1. The minimum atomic E-state index is -1.30. The van der Waals surface area contributed by atoms with Crippen LogP contribution in [0, 0.1) is 6.92 Å². The highest BCUT2D eigenvalue weighted by atomic mass is 16.2. The van der Waals surface area contributed by atoms with Crippen molar-refractivity contribution in [3.63, 3.8) is 0 Å². The Morgan fingerprint density at radius 2 is 1.46 bits per heavy atom. The number of carbonyl (C=O) groups is 9. The van der Waals surface area contributed by atoms with Crippen molar-refractivity contribution in [3.8, 4) is 0 Å². The molecule has 0 bridgehead atoms. The number of benzene rings is 2. The van der Waals surface area contributed by atoms with Gasteiger partial charge in [0.1, 0.15) is 30.2 Å². The molecule has 1 aliphatic rings. The largest absolute Gasteiger partial charge is 0.370 e. The molecule has 76 heavy (non-hydrogen) atoms. The Hall–Kier alpha value is -8.35. The minimum Gasteiger partial charge on any atom is -0.370 e. The lowest BCUT2D eigenvalue weighted by Gasteiger charge is -2.25. The van der Waals surface area contributed by atoms with Gasteiger partial charge >= 0.3 is 0 Å². The number of rotatable bonds is 12. The van der Waals surface area contributed by atoms with Crippen molar-refractivity contribution in [3.05, 3.63) is 90.1 Å². The summed E-state index contributed by atoms with van der Waals surface area (Å²) in [7, 11) is 0. The number of aromatic amines is 2. The van der Waals surface area contributed by atoms with Gasteiger partial charge < -0.3 is 75.4 Å². The molecule has 25 heteroatoms. The van der Waals surface area contributed by atoms with Gasteiger partial charge in [-0.25, -0.2) is 4.98 Å². The first kappa shape index (κ1) is 63.8. The summed E-state index contributed by atoms with van der Waals surface area (Å²) in [5.74, 6) is -6.23. The summed E-state index contributed by atoms with van der Waals surface area (Å²) in [6.07, 6.45) is 7.89. The van der Waals surface area contributed by atoms with Crippen LogP contribution in [0.5, 0.6) is 0 Å². The third-order valence-electron chi connectivity index (χ3n) is 11.1. The van der Waals surface area contributed by atoms with E-state index in [1.807, 2.05) is 19.2 Å². The fraction of sp³-hybridized carbons (Fsp3) is 0.471. The second kappa shape index (κ2) is 35.7. The molecule has 416 valence electrons. The molecule has 25 nitrogen and oxygen atoms in total. The van der Waals surface area contributed by atoms with E-state index in [0.717, 1.165) is 19.5 Å². The summed E-state index contributed by atoms with van der Waals surface area (Å²) in [5, 5.41) is 21.4. The number of imidazole rings is 1. The van der Waals surface area contributed by atoms with Gasteiger partial charge in [0, 0.05) is 68.3 Å². The smallest absolute Gasteiger partial charge is 0.243 e. The lowest BCUT2D eigenvalue weighted by molar-refractivity contribution is -0.134. The predicted octanol–water partition coefficient (Wildman–Crippen LogP) is -1.04. The van der Waals surface area contributed by atoms with Gasteiger partial charge in [0.05, 0.1) is 19.4 Å². The molecule has 5 atom stereocenters. The van der Waals surface area contributed by atoms with Crippen LogP contribution < -0.4 is 65.5 Å². The molecular weight excluding hydrogens is 981 g/mol. The number of guanidine groups is 1. The molecule has 18 N–H and O–H groups in total. The normalized spacial score (nSPS) is 18.9. The molecule has 3 heterocycles. The molecule has 1 saturated heterocycles. The van der Waals surface area contributed by atoms with Gasteiger partial charge in [0.15, 0.2) is 5.96 Å². The number of hydrogen-bond donors (Lipinski definition) is 14. The number of fused-ring (bicyclic) bond motifs is 1. The average molecular weight is 1060 g/mol. The lowest BCUT2D eigenvalue weighted by Crippen LogP contribution is -2.58. The topological polar surface area (TPSA) is 411 Å². The van der Waals surface area contributed by atoms with E-state index in [9.17, 15) is 43.2 Å². The highest BCUT2D eigenvalue weighted by Crippen LogP contribution is 2.15. The van der Waals surface area contributed by atoms with Crippen LogP contribution in [0.4, 0.5) is 0 Å². The fourth-order valence-corrected chi connectivity index (χ4v) is 6.94. The van der Waals surface area contributed by atoms with Gasteiger partial charge in [-0.15, -0.1) is 0 Å². The Kier molecular flexibility index (Phi) is 30.0. The Morgan fingerprint density at radius 3 is 2.05 bits per heavy atom. The molecule has 2 aromatic carbocycles. The lowest BCUT2D eigenvalue weighted by atomic mass is 10.0. The third kappa shape index (κ3) is 26.0. The number of amides is 9. The summed E-state index contributed by atoms with van der Waals surface area (Å²) >= 11 is 0. The molecule has 4 aromatic rings. The number of aryl methyl sites for hydroxylation is 1. The molecule has 1 aliphatic heterocycles. The second-order valence-electron chi connectivity index (χ2n) is 17.6. The van der Waals surface area contributed by atoms with Crippen LogP contribution in [0.15, 0.2) is 78.3 Å². The summed E-state index contributed by atoms with van der Waals surface area (Å²) in [4.78, 5) is 129. The number of H-pyrrole nitrogens is 2. The van der Waals surface area contributed by atoms with E-state index in [-0.39, 0.29) is 51.0 Å². The summed E-state index contributed by atoms with van der Waals surface area (Å²) in [6, 6.07) is 10.8. The van der Waals surface area contributed by atoms with E-state index in [1.165, 1.54) is 55.7 Å². The number of aromatic nitrogens is 3. The van der Waals surface area contributed by atoms with Crippen molar-refractivity contribution in [2.45, 2.75) is 123 Å². The average Bonchev–Trinajstić information content (AvgIpc) is 4.06. The Balaban J connectivity index is 0.000000733. The van der Waals surface area contributed by atoms with Gasteiger partial charge in [-0.2, -0.15) is 0 Å². The zero-order valence-electron chi connectivity index (χ0n) is 44.1. The van der Waals surface area contributed by atoms with E-state index in [2.05, 4.69) is 94.5 Å². The van der Waals surface area contributed by atoms with Crippen molar-refractivity contribution in [2.75, 3.05) is 32.7 Å². The predicted molar refractivity (Wildman–Crippen MR) is 288 cm³/mol. The van der Waals surface area contributed by atoms with Crippen LogP contribution in [-0.2, 0) is 56.0 Å². The maximum Gasteiger partial charge on any atom is 0.243 e. The van der Waals surface area contributed by atoms with Crippen LogP contribution >= 0.6 is 0 Å². The number of nitrogens with zero attached hydrogens (tertiary/aromatic N) is 2. The van der Waals surface area contributed by atoms with Crippen LogP contribution in [0.3, 0.4) is 0 Å². The van der Waals surface area contributed by atoms with Gasteiger partial charge in [-0.05, 0) is 69.7 Å². The first-order valence-corrected chi connectivity index (χ1v) is 25.2. The number of unbranched alkanes of at least 4 members (excludes halogenated alkanes) is 1. The fourth-order valence-electron chi connectivity index (χ4n) is 6.94. The zero-order valence-corrected chi connectivity index (χ0v) is 44.1. The highest BCUT2D eigenvalue weighted by molar-refractivity contribution is 5.96. The second-order valence-corrected chi connectivity index (χ2v) is 17.6. The van der Waals surface area contributed by atoms with Gasteiger partial charge in [0.25, 0.3) is 0 Å². The molecule has 1 fully saturated rings. The molecule has 0 spiro atoms. The molecular formula is C51H78N16O9. The summed E-state index contributed by atoms with van der Waals surface area (Å²) in [5.41, 5.74) is 24.2. The molecule has 2 aromatic heterocycles. The quantitative estimate of drug-likeness (QED) is 0.0596. The van der Waals surface area contributed by atoms with Crippen molar-refractivity contribution in [1.82, 2.24) is 57.5 Å².